The van der Waals surface area contributed by atoms with Crippen molar-refractivity contribution in [1.82, 2.24) is 4.57 Å². The van der Waals surface area contributed by atoms with Crippen LogP contribution in [0.1, 0.15) is 29.7 Å². The summed E-state index contributed by atoms with van der Waals surface area (Å²) in [6.07, 6.45) is 1.76. The minimum Gasteiger partial charge on any atom is -0.497 e. The van der Waals surface area contributed by atoms with E-state index in [1.807, 2.05) is 60.7 Å². The van der Waals surface area contributed by atoms with Crippen molar-refractivity contribution in [3.05, 3.63) is 115 Å². The van der Waals surface area contributed by atoms with Gasteiger partial charge in [-0.1, -0.05) is 53.8 Å². The van der Waals surface area contributed by atoms with E-state index >= 15 is 0 Å². The Hall–Kier alpha value is -4.63. The first-order valence-corrected chi connectivity index (χ1v) is 13.4. The summed E-state index contributed by atoms with van der Waals surface area (Å²) in [5, 5.41) is 0. The van der Waals surface area contributed by atoms with Gasteiger partial charge in [-0.3, -0.25) is 9.36 Å². The van der Waals surface area contributed by atoms with Crippen LogP contribution in [0.2, 0.25) is 0 Å². The molecule has 0 spiro atoms. The maximum absolute atomic E-state index is 14.1. The number of nitrogens with zero attached hydrogens (tertiary/aromatic N) is 2. The predicted octanol–water partition coefficient (Wildman–Crippen LogP) is 3.96. The van der Waals surface area contributed by atoms with Gasteiger partial charge >= 0.3 is 5.97 Å². The molecular weight excluding hydrogens is 528 g/mol. The molecule has 1 unspecified atom stereocenters. The van der Waals surface area contributed by atoms with E-state index in [1.54, 1.807) is 51.0 Å². The van der Waals surface area contributed by atoms with Crippen LogP contribution in [-0.2, 0) is 9.53 Å². The lowest BCUT2D eigenvalue weighted by atomic mass is 9.93. The zero-order chi connectivity index (χ0) is 28.2. The summed E-state index contributed by atoms with van der Waals surface area (Å²) in [4.78, 5) is 33.0. The van der Waals surface area contributed by atoms with Crippen molar-refractivity contribution in [2.24, 2.45) is 4.99 Å². The number of ether oxygens (including phenoxy) is 4. The minimum absolute atomic E-state index is 0.177. The summed E-state index contributed by atoms with van der Waals surface area (Å²) in [6, 6.07) is 21.4. The average molecular weight is 557 g/mol. The van der Waals surface area contributed by atoms with Gasteiger partial charge in [0.1, 0.15) is 17.2 Å². The van der Waals surface area contributed by atoms with Gasteiger partial charge < -0.3 is 18.9 Å². The van der Waals surface area contributed by atoms with E-state index in [-0.39, 0.29) is 17.7 Å². The second-order valence-electron chi connectivity index (χ2n) is 8.82. The molecule has 0 saturated heterocycles. The third kappa shape index (κ3) is 5.03. The van der Waals surface area contributed by atoms with Crippen molar-refractivity contribution in [3.8, 4) is 17.2 Å². The largest absolute Gasteiger partial charge is 0.497 e. The highest BCUT2D eigenvalue weighted by molar-refractivity contribution is 7.07. The van der Waals surface area contributed by atoms with E-state index in [9.17, 15) is 9.59 Å². The molecule has 1 aromatic heterocycles. The Labute approximate surface area is 235 Å². The Morgan fingerprint density at radius 1 is 0.950 bits per heavy atom. The van der Waals surface area contributed by atoms with Gasteiger partial charge in [0.15, 0.2) is 4.80 Å². The standard InChI is InChI=1S/C31H28N2O6S/c1-5-39-30(35)26-27(19-10-7-6-8-11-19)32-31-33(28(26)21-12-9-13-22(16-21)36-2)29(34)25(40-31)17-20-14-15-23(37-3)18-24(20)38-4/h6-18,28H,5H2,1-4H3/b25-17-. The molecule has 1 atom stereocenters. The van der Waals surface area contributed by atoms with Crippen molar-refractivity contribution in [2.45, 2.75) is 13.0 Å². The quantitative estimate of drug-likeness (QED) is 0.306. The molecule has 204 valence electrons. The van der Waals surface area contributed by atoms with Crippen molar-refractivity contribution in [2.75, 3.05) is 27.9 Å². The molecule has 40 heavy (non-hydrogen) atoms. The molecule has 1 aliphatic rings. The zero-order valence-electron chi connectivity index (χ0n) is 22.5. The van der Waals surface area contributed by atoms with Crippen LogP contribution < -0.4 is 29.1 Å². The van der Waals surface area contributed by atoms with Gasteiger partial charge in [-0.25, -0.2) is 9.79 Å². The number of hydrogen-bond donors (Lipinski definition) is 0. The van der Waals surface area contributed by atoms with E-state index in [4.69, 9.17) is 23.9 Å². The van der Waals surface area contributed by atoms with Crippen LogP contribution in [0.4, 0.5) is 0 Å². The molecule has 0 fully saturated rings. The highest BCUT2D eigenvalue weighted by atomic mass is 32.1. The molecule has 0 N–H and O–H groups in total. The van der Waals surface area contributed by atoms with Crippen LogP contribution in [0.25, 0.3) is 11.8 Å². The van der Waals surface area contributed by atoms with Gasteiger partial charge in [0.25, 0.3) is 5.56 Å². The maximum Gasteiger partial charge on any atom is 0.338 e. The second-order valence-corrected chi connectivity index (χ2v) is 9.83. The fraction of sp³-hybridized carbons (Fsp3) is 0.194. The number of methoxy groups -OCH3 is 3. The molecule has 3 aromatic carbocycles. The molecule has 9 heteroatoms. The molecule has 1 aliphatic heterocycles. The summed E-state index contributed by atoms with van der Waals surface area (Å²) in [5.74, 6) is 1.26. The average Bonchev–Trinajstić information content (AvgIpc) is 3.31. The molecule has 2 heterocycles. The Morgan fingerprint density at radius 3 is 2.40 bits per heavy atom. The van der Waals surface area contributed by atoms with Gasteiger partial charge in [-0.05, 0) is 42.8 Å². The normalized spacial score (nSPS) is 14.8. The van der Waals surface area contributed by atoms with Gasteiger partial charge in [0, 0.05) is 17.2 Å². The molecule has 0 saturated carbocycles. The van der Waals surface area contributed by atoms with Crippen LogP contribution in [-0.4, -0.2) is 38.5 Å². The Balaban J connectivity index is 1.82. The topological polar surface area (TPSA) is 88.4 Å². The summed E-state index contributed by atoms with van der Waals surface area (Å²) in [6.45, 7) is 1.93. The van der Waals surface area contributed by atoms with E-state index in [2.05, 4.69) is 0 Å². The summed E-state index contributed by atoms with van der Waals surface area (Å²) >= 11 is 1.24. The van der Waals surface area contributed by atoms with Crippen LogP contribution in [0.15, 0.2) is 88.2 Å². The first-order valence-electron chi connectivity index (χ1n) is 12.6. The van der Waals surface area contributed by atoms with E-state index < -0.39 is 12.0 Å². The third-order valence-corrected chi connectivity index (χ3v) is 7.49. The molecule has 4 aromatic rings. The van der Waals surface area contributed by atoms with Crippen LogP contribution in [0.3, 0.4) is 0 Å². The third-order valence-electron chi connectivity index (χ3n) is 6.51. The Morgan fingerprint density at radius 2 is 1.70 bits per heavy atom. The molecule has 0 aliphatic carbocycles. The number of hydrogen-bond acceptors (Lipinski definition) is 8. The number of carbonyl (C=O) groups excluding carboxylic acids is 1. The van der Waals surface area contributed by atoms with E-state index in [1.165, 1.54) is 11.3 Å². The summed E-state index contributed by atoms with van der Waals surface area (Å²) in [7, 11) is 4.72. The smallest absolute Gasteiger partial charge is 0.338 e. The SMILES string of the molecule is CCOC(=O)C1=C(c2ccccc2)N=c2s/c(=C\c3ccc(OC)cc3OC)c(=O)n2C1c1cccc(OC)c1. The first kappa shape index (κ1) is 27.0. The molecular formula is C31H28N2O6S. The van der Waals surface area contributed by atoms with Crippen LogP contribution in [0.5, 0.6) is 17.2 Å². The first-order chi connectivity index (χ1) is 19.5. The van der Waals surface area contributed by atoms with Crippen LogP contribution >= 0.6 is 11.3 Å². The monoisotopic (exact) mass is 556 g/mol. The van der Waals surface area contributed by atoms with E-state index in [0.717, 1.165) is 5.56 Å². The summed E-state index contributed by atoms with van der Waals surface area (Å²) < 4.78 is 23.8. The number of carbonyl (C=O) groups is 1. The number of fused-ring (bicyclic) bond motifs is 1. The minimum atomic E-state index is -0.791. The highest BCUT2D eigenvalue weighted by Gasteiger charge is 2.35. The van der Waals surface area contributed by atoms with Gasteiger partial charge in [-0.2, -0.15) is 0 Å². The molecule has 5 rings (SSSR count). The lowest BCUT2D eigenvalue weighted by molar-refractivity contribution is -0.138. The van der Waals surface area contributed by atoms with Gasteiger partial charge in [0.05, 0.1) is 49.8 Å². The van der Waals surface area contributed by atoms with Gasteiger partial charge in [0.2, 0.25) is 0 Å². The fourth-order valence-electron chi connectivity index (χ4n) is 4.65. The predicted molar refractivity (Wildman–Crippen MR) is 154 cm³/mol. The molecule has 0 radical (unpaired) electrons. The number of benzene rings is 3. The number of thiazole rings is 1. The van der Waals surface area contributed by atoms with Crippen LogP contribution in [0, 0.1) is 0 Å². The lowest BCUT2D eigenvalue weighted by Gasteiger charge is -2.26. The zero-order valence-corrected chi connectivity index (χ0v) is 23.4. The van der Waals surface area contributed by atoms with E-state index in [0.29, 0.717) is 43.4 Å². The Kier molecular flexibility index (Phi) is 7.84. The molecule has 0 amide bonds. The fourth-order valence-corrected chi connectivity index (χ4v) is 5.64. The second kappa shape index (κ2) is 11.6. The van der Waals surface area contributed by atoms with Gasteiger partial charge in [-0.15, -0.1) is 0 Å². The number of esters is 1. The lowest BCUT2D eigenvalue weighted by Crippen LogP contribution is -2.40. The van der Waals surface area contributed by atoms with Crippen molar-refractivity contribution < 1.29 is 23.7 Å². The maximum atomic E-state index is 14.1. The Bertz CT molecular complexity index is 1770. The molecule has 0 bridgehead atoms. The summed E-state index contributed by atoms with van der Waals surface area (Å²) in [5.41, 5.74) is 2.60. The van der Waals surface area contributed by atoms with Crippen molar-refractivity contribution in [1.29, 1.82) is 0 Å². The van der Waals surface area contributed by atoms with Crippen molar-refractivity contribution in [3.63, 3.8) is 0 Å². The van der Waals surface area contributed by atoms with Crippen molar-refractivity contribution >= 4 is 29.1 Å². The number of aromatic nitrogens is 1. The molecule has 8 nitrogen and oxygen atoms in total. The highest BCUT2D eigenvalue weighted by Crippen LogP contribution is 2.36. The number of rotatable bonds is 8.